The van der Waals surface area contributed by atoms with Crippen molar-refractivity contribution >= 4 is 15.7 Å². The molecule has 5 nitrogen and oxygen atoms in total. The predicted octanol–water partition coefficient (Wildman–Crippen LogP) is 3.49. The highest BCUT2D eigenvalue weighted by atomic mass is 32.2. The molecule has 0 saturated heterocycles. The van der Waals surface area contributed by atoms with Gasteiger partial charge in [-0.05, 0) is 35.2 Å². The van der Waals surface area contributed by atoms with Crippen LogP contribution < -0.4 is 5.32 Å². The quantitative estimate of drug-likeness (QED) is 0.805. The summed E-state index contributed by atoms with van der Waals surface area (Å²) in [5, 5.41) is 1.85. The average molecular weight is 375 g/mol. The fourth-order valence-corrected chi connectivity index (χ4v) is 4.22. The van der Waals surface area contributed by atoms with Gasteiger partial charge in [0.15, 0.2) is 9.84 Å². The van der Waals surface area contributed by atoms with Gasteiger partial charge in [-0.2, -0.15) is 0 Å². The molecule has 0 bridgehead atoms. The number of pyridine rings is 1. The number of benzene rings is 1. The van der Waals surface area contributed by atoms with E-state index in [1.807, 2.05) is 12.1 Å². The van der Waals surface area contributed by atoms with Crippen molar-refractivity contribution in [2.45, 2.75) is 43.8 Å². The molecule has 6 heteroatoms. The Bertz CT molecular complexity index is 829. The molecule has 140 valence electrons. The van der Waals surface area contributed by atoms with Gasteiger partial charge in [0.25, 0.3) is 0 Å². The molecule has 2 aromatic rings. The second kappa shape index (κ2) is 8.45. The summed E-state index contributed by atoms with van der Waals surface area (Å²) in [6, 6.07) is 10.4. The van der Waals surface area contributed by atoms with Crippen molar-refractivity contribution in [1.29, 1.82) is 0 Å². The van der Waals surface area contributed by atoms with E-state index >= 15 is 0 Å². The Morgan fingerprint density at radius 2 is 1.69 bits per heavy atom. The number of carbonyl (C=O) groups excluding carboxylic acids is 1. The van der Waals surface area contributed by atoms with Gasteiger partial charge >= 0.3 is 0 Å². The van der Waals surface area contributed by atoms with Crippen molar-refractivity contribution in [3.63, 3.8) is 0 Å². The summed E-state index contributed by atoms with van der Waals surface area (Å²) < 4.78 is 26.4. The molecular weight excluding hydrogens is 348 g/mol. The van der Waals surface area contributed by atoms with Gasteiger partial charge in [-0.1, -0.05) is 45.9 Å². The number of aromatic nitrogens is 1. The van der Waals surface area contributed by atoms with Gasteiger partial charge < -0.3 is 5.32 Å². The number of nitrogens with one attached hydrogen (secondary N) is 1. The summed E-state index contributed by atoms with van der Waals surface area (Å²) in [7, 11) is -3.67. The molecule has 1 aromatic carbocycles. The summed E-state index contributed by atoms with van der Waals surface area (Å²) in [6.07, 6.45) is 3.13. The molecule has 1 heterocycles. The van der Waals surface area contributed by atoms with Gasteiger partial charge in [-0.3, -0.25) is 9.78 Å². The molecule has 0 aliphatic heterocycles. The zero-order chi connectivity index (χ0) is 19.3. The molecule has 1 atom stereocenters. The van der Waals surface area contributed by atoms with Crippen LogP contribution >= 0.6 is 0 Å². The van der Waals surface area contributed by atoms with E-state index in [2.05, 4.69) is 24.1 Å². The van der Waals surface area contributed by atoms with Crippen molar-refractivity contribution in [3.05, 3.63) is 59.9 Å². The third kappa shape index (κ3) is 4.69. The van der Waals surface area contributed by atoms with Crippen LogP contribution in [0.15, 0.2) is 53.7 Å². The molecular formula is C20H26N2O3S. The van der Waals surface area contributed by atoms with E-state index in [-0.39, 0.29) is 23.3 Å². The van der Waals surface area contributed by atoms with E-state index < -0.39 is 15.1 Å². The van der Waals surface area contributed by atoms with E-state index in [0.29, 0.717) is 11.5 Å². The highest BCUT2D eigenvalue weighted by molar-refractivity contribution is 7.91. The summed E-state index contributed by atoms with van der Waals surface area (Å²) in [5.41, 5.74) is 1.64. The van der Waals surface area contributed by atoms with Crippen LogP contribution in [0.1, 0.15) is 50.0 Å². The lowest BCUT2D eigenvalue weighted by Crippen LogP contribution is -2.34. The maximum Gasteiger partial charge on any atom is 0.222 e. The Morgan fingerprint density at radius 3 is 2.19 bits per heavy atom. The van der Waals surface area contributed by atoms with Crippen LogP contribution in [-0.2, 0) is 14.6 Å². The van der Waals surface area contributed by atoms with Gasteiger partial charge in [-0.15, -0.1) is 0 Å². The molecule has 0 aliphatic rings. The minimum atomic E-state index is -3.67. The highest BCUT2D eigenvalue weighted by Crippen LogP contribution is 2.29. The van der Waals surface area contributed by atoms with Crippen LogP contribution in [0.2, 0.25) is 0 Å². The van der Waals surface area contributed by atoms with Crippen molar-refractivity contribution in [2.24, 2.45) is 5.92 Å². The fraction of sp³-hybridized carbons (Fsp3) is 0.400. The van der Waals surface area contributed by atoms with E-state index in [1.165, 1.54) is 6.20 Å². The Hall–Kier alpha value is -2.21. The topological polar surface area (TPSA) is 76.1 Å². The Balaban J connectivity index is 2.37. The van der Waals surface area contributed by atoms with Crippen LogP contribution in [-0.4, -0.2) is 25.9 Å². The maximum absolute atomic E-state index is 13.2. The van der Waals surface area contributed by atoms with Gasteiger partial charge in [0.05, 0.1) is 4.90 Å². The lowest BCUT2D eigenvalue weighted by Gasteiger charge is -2.20. The number of sulfone groups is 1. The van der Waals surface area contributed by atoms with E-state index in [0.717, 1.165) is 5.56 Å². The first-order valence-electron chi connectivity index (χ1n) is 8.75. The molecule has 0 unspecified atom stereocenters. The second-order valence-electron chi connectivity index (χ2n) is 6.94. The lowest BCUT2D eigenvalue weighted by molar-refractivity contribution is -0.123. The molecule has 0 spiro atoms. The Kier molecular flexibility index (Phi) is 6.53. The zero-order valence-electron chi connectivity index (χ0n) is 15.6. The summed E-state index contributed by atoms with van der Waals surface area (Å²) >= 11 is 0. The minimum absolute atomic E-state index is 0.0109. The Labute approximate surface area is 155 Å². The highest BCUT2D eigenvalue weighted by Gasteiger charge is 2.30. The molecule has 0 radical (unpaired) electrons. The molecule has 2 rings (SSSR count). The molecule has 0 fully saturated rings. The third-order valence-corrected chi connectivity index (χ3v) is 6.41. The number of amides is 1. The van der Waals surface area contributed by atoms with Crippen LogP contribution in [0.4, 0.5) is 0 Å². The molecule has 1 amide bonds. The first-order chi connectivity index (χ1) is 12.2. The van der Waals surface area contributed by atoms with Crippen molar-refractivity contribution in [1.82, 2.24) is 10.3 Å². The first-order valence-corrected chi connectivity index (χ1v) is 10.3. The fourth-order valence-electron chi connectivity index (χ4n) is 2.58. The largest absolute Gasteiger partial charge is 0.354 e. The Morgan fingerprint density at radius 1 is 1.04 bits per heavy atom. The molecule has 0 aliphatic carbocycles. The molecule has 0 saturated carbocycles. The smallest absolute Gasteiger partial charge is 0.222 e. The normalized spacial score (nSPS) is 13.0. The SMILES string of the molecule is CC(C)C(=O)NC[C@@H](c1cccnc1)S(=O)(=O)c1ccc(C(C)C)cc1. The maximum atomic E-state index is 13.2. The minimum Gasteiger partial charge on any atom is -0.354 e. The van der Waals surface area contributed by atoms with Crippen LogP contribution in [0, 0.1) is 5.92 Å². The van der Waals surface area contributed by atoms with E-state index in [9.17, 15) is 13.2 Å². The predicted molar refractivity (Wildman–Crippen MR) is 103 cm³/mol. The first kappa shape index (κ1) is 20.1. The standard InChI is InChI=1S/C20H26N2O3S/c1-14(2)16-7-9-18(10-8-16)26(24,25)19(13-22-20(23)15(3)4)17-6-5-11-21-12-17/h5-12,14-15,19H,13H2,1-4H3,(H,22,23)/t19-/m0/s1. The van der Waals surface area contributed by atoms with Crippen molar-refractivity contribution in [3.8, 4) is 0 Å². The monoisotopic (exact) mass is 374 g/mol. The summed E-state index contributed by atoms with van der Waals surface area (Å²) in [6.45, 7) is 7.67. The number of nitrogens with zero attached hydrogens (tertiary/aromatic N) is 1. The van der Waals surface area contributed by atoms with Crippen molar-refractivity contribution in [2.75, 3.05) is 6.54 Å². The number of rotatable bonds is 7. The number of hydrogen-bond donors (Lipinski definition) is 1. The van der Waals surface area contributed by atoms with Crippen molar-refractivity contribution < 1.29 is 13.2 Å². The van der Waals surface area contributed by atoms with E-state index in [4.69, 9.17) is 0 Å². The molecule has 26 heavy (non-hydrogen) atoms. The second-order valence-corrected chi connectivity index (χ2v) is 9.07. The van der Waals surface area contributed by atoms with Crippen LogP contribution in [0.25, 0.3) is 0 Å². The molecule has 1 N–H and O–H groups in total. The summed E-state index contributed by atoms with van der Waals surface area (Å²) in [5.74, 6) is -0.0620. The van der Waals surface area contributed by atoms with Gasteiger partial charge in [0.1, 0.15) is 5.25 Å². The van der Waals surface area contributed by atoms with E-state index in [1.54, 1.807) is 44.3 Å². The van der Waals surface area contributed by atoms with Crippen LogP contribution in [0.5, 0.6) is 0 Å². The van der Waals surface area contributed by atoms with Gasteiger partial charge in [-0.25, -0.2) is 8.42 Å². The zero-order valence-corrected chi connectivity index (χ0v) is 16.5. The molecule has 1 aromatic heterocycles. The number of hydrogen-bond acceptors (Lipinski definition) is 4. The number of carbonyl (C=O) groups is 1. The summed E-state index contributed by atoms with van der Waals surface area (Å²) in [4.78, 5) is 16.2. The average Bonchev–Trinajstić information content (AvgIpc) is 2.62. The van der Waals surface area contributed by atoms with Gasteiger partial charge in [0.2, 0.25) is 5.91 Å². The third-order valence-electron chi connectivity index (χ3n) is 4.29. The van der Waals surface area contributed by atoms with Crippen LogP contribution in [0.3, 0.4) is 0 Å². The van der Waals surface area contributed by atoms with Gasteiger partial charge in [0, 0.05) is 24.9 Å². The lowest BCUT2D eigenvalue weighted by atomic mass is 10.0.